The van der Waals surface area contributed by atoms with Crippen molar-refractivity contribution in [3.63, 3.8) is 0 Å². The second kappa shape index (κ2) is 4.94. The molecule has 0 saturated carbocycles. The van der Waals surface area contributed by atoms with Crippen molar-refractivity contribution < 1.29 is 4.79 Å². The van der Waals surface area contributed by atoms with Crippen LogP contribution in [0.4, 0.5) is 0 Å². The number of rotatable bonds is 2. The summed E-state index contributed by atoms with van der Waals surface area (Å²) in [4.78, 5) is 11.3. The third-order valence-electron chi connectivity index (χ3n) is 3.21. The van der Waals surface area contributed by atoms with E-state index in [0.717, 1.165) is 26.7 Å². The molecule has 0 unspecified atom stereocenters. The van der Waals surface area contributed by atoms with Crippen molar-refractivity contribution in [2.24, 2.45) is 5.73 Å². The summed E-state index contributed by atoms with van der Waals surface area (Å²) in [5.41, 5.74) is 10.2. The quantitative estimate of drug-likeness (QED) is 0.900. The summed E-state index contributed by atoms with van der Waals surface area (Å²) in [6.07, 6.45) is 0. The first-order valence-electron chi connectivity index (χ1n) is 5.66. The number of benzene rings is 2. The Bertz CT molecular complexity index is 603. The molecule has 2 aromatic carbocycles. The van der Waals surface area contributed by atoms with E-state index in [1.807, 2.05) is 32.0 Å². The van der Waals surface area contributed by atoms with E-state index in [9.17, 15) is 4.79 Å². The van der Waals surface area contributed by atoms with Gasteiger partial charge in [0.15, 0.2) is 0 Å². The summed E-state index contributed by atoms with van der Waals surface area (Å²) in [5, 5.41) is 0. The molecule has 1 amide bonds. The predicted octanol–water partition coefficient (Wildman–Crippen LogP) is 3.83. The van der Waals surface area contributed by atoms with Gasteiger partial charge < -0.3 is 5.73 Å². The number of nitrogens with two attached hydrogens (primary N) is 1. The maximum atomic E-state index is 11.3. The van der Waals surface area contributed by atoms with E-state index in [-0.39, 0.29) is 5.91 Å². The van der Waals surface area contributed by atoms with Crippen LogP contribution in [-0.2, 0) is 0 Å². The Morgan fingerprint density at radius 1 is 1.00 bits per heavy atom. The fourth-order valence-electron chi connectivity index (χ4n) is 2.03. The number of primary amides is 1. The van der Waals surface area contributed by atoms with Gasteiger partial charge >= 0.3 is 0 Å². The average molecular weight is 304 g/mol. The molecule has 0 atom stereocenters. The topological polar surface area (TPSA) is 43.1 Å². The lowest BCUT2D eigenvalue weighted by Crippen LogP contribution is -2.13. The third-order valence-corrected chi connectivity index (χ3v) is 3.74. The lowest BCUT2D eigenvalue weighted by atomic mass is 9.93. The summed E-state index contributed by atoms with van der Waals surface area (Å²) in [7, 11) is 0. The van der Waals surface area contributed by atoms with Crippen LogP contribution in [0.3, 0.4) is 0 Å². The number of halogens is 1. The minimum atomic E-state index is -0.377. The fourth-order valence-corrected chi connectivity index (χ4v) is 2.29. The summed E-state index contributed by atoms with van der Waals surface area (Å²) >= 11 is 3.42. The Morgan fingerprint density at radius 2 is 1.61 bits per heavy atom. The molecule has 3 heteroatoms. The zero-order valence-corrected chi connectivity index (χ0v) is 11.9. The lowest BCUT2D eigenvalue weighted by molar-refractivity contribution is 0.0999. The van der Waals surface area contributed by atoms with Gasteiger partial charge in [-0.3, -0.25) is 4.79 Å². The van der Waals surface area contributed by atoms with Gasteiger partial charge in [-0.05, 0) is 54.3 Å². The molecule has 0 aromatic heterocycles. The van der Waals surface area contributed by atoms with Crippen molar-refractivity contribution in [1.29, 1.82) is 0 Å². The van der Waals surface area contributed by atoms with Gasteiger partial charge in [-0.2, -0.15) is 0 Å². The molecule has 0 spiro atoms. The Balaban J connectivity index is 2.57. The Kier molecular flexibility index (Phi) is 3.53. The van der Waals surface area contributed by atoms with Gasteiger partial charge in [0.1, 0.15) is 0 Å². The first-order chi connectivity index (χ1) is 8.50. The van der Waals surface area contributed by atoms with Gasteiger partial charge in [0.2, 0.25) is 5.91 Å². The molecule has 2 rings (SSSR count). The molecular weight excluding hydrogens is 290 g/mol. The van der Waals surface area contributed by atoms with Gasteiger partial charge in [-0.1, -0.05) is 34.1 Å². The maximum absolute atomic E-state index is 11.3. The van der Waals surface area contributed by atoms with Crippen LogP contribution in [0.2, 0.25) is 0 Å². The molecule has 18 heavy (non-hydrogen) atoms. The smallest absolute Gasteiger partial charge is 0.248 e. The van der Waals surface area contributed by atoms with Crippen LogP contribution in [0.25, 0.3) is 11.1 Å². The van der Waals surface area contributed by atoms with E-state index in [2.05, 4.69) is 28.1 Å². The zero-order valence-electron chi connectivity index (χ0n) is 10.3. The highest BCUT2D eigenvalue weighted by molar-refractivity contribution is 9.10. The molecule has 0 aliphatic carbocycles. The first kappa shape index (κ1) is 12.8. The second-order valence-electron chi connectivity index (χ2n) is 4.28. The van der Waals surface area contributed by atoms with Gasteiger partial charge in [-0.25, -0.2) is 0 Å². The van der Waals surface area contributed by atoms with E-state index < -0.39 is 0 Å². The van der Waals surface area contributed by atoms with Crippen LogP contribution < -0.4 is 5.73 Å². The highest BCUT2D eigenvalue weighted by atomic mass is 79.9. The minimum Gasteiger partial charge on any atom is -0.366 e. The van der Waals surface area contributed by atoms with E-state index in [1.54, 1.807) is 6.07 Å². The Morgan fingerprint density at radius 3 is 2.17 bits per heavy atom. The van der Waals surface area contributed by atoms with Crippen LogP contribution in [0, 0.1) is 13.8 Å². The van der Waals surface area contributed by atoms with Crippen LogP contribution >= 0.6 is 15.9 Å². The zero-order chi connectivity index (χ0) is 13.3. The van der Waals surface area contributed by atoms with Gasteiger partial charge in [0.05, 0.1) is 0 Å². The Hall–Kier alpha value is -1.61. The Labute approximate surface area is 115 Å². The van der Waals surface area contributed by atoms with Crippen LogP contribution in [-0.4, -0.2) is 5.91 Å². The normalized spacial score (nSPS) is 10.4. The van der Waals surface area contributed by atoms with Crippen molar-refractivity contribution in [2.75, 3.05) is 0 Å². The number of carbonyl (C=O) groups excluding carboxylic acids is 1. The van der Waals surface area contributed by atoms with E-state index in [0.29, 0.717) is 5.56 Å². The average Bonchev–Trinajstić information content (AvgIpc) is 2.33. The molecular formula is C15H14BrNO. The molecule has 2 aromatic rings. The fraction of sp³-hybridized carbons (Fsp3) is 0.133. The third kappa shape index (κ3) is 2.31. The maximum Gasteiger partial charge on any atom is 0.248 e. The highest BCUT2D eigenvalue weighted by Crippen LogP contribution is 2.28. The molecule has 0 bridgehead atoms. The molecule has 0 saturated heterocycles. The van der Waals surface area contributed by atoms with Crippen LogP contribution in [0.15, 0.2) is 40.9 Å². The summed E-state index contributed by atoms with van der Waals surface area (Å²) in [6, 6.07) is 11.9. The van der Waals surface area contributed by atoms with E-state index in [4.69, 9.17) is 5.73 Å². The van der Waals surface area contributed by atoms with Gasteiger partial charge in [0.25, 0.3) is 0 Å². The van der Waals surface area contributed by atoms with Gasteiger partial charge in [-0.15, -0.1) is 0 Å². The summed E-state index contributed by atoms with van der Waals surface area (Å²) < 4.78 is 1.05. The monoisotopic (exact) mass is 303 g/mol. The van der Waals surface area contributed by atoms with Crippen molar-refractivity contribution in [3.05, 3.63) is 57.6 Å². The highest BCUT2D eigenvalue weighted by Gasteiger charge is 2.11. The van der Waals surface area contributed by atoms with Crippen molar-refractivity contribution in [3.8, 4) is 11.1 Å². The lowest BCUT2D eigenvalue weighted by Gasteiger charge is -2.12. The molecule has 92 valence electrons. The van der Waals surface area contributed by atoms with Crippen LogP contribution in [0.1, 0.15) is 21.5 Å². The second-order valence-corrected chi connectivity index (χ2v) is 5.20. The number of carbonyl (C=O) groups is 1. The number of hydrogen-bond acceptors (Lipinski definition) is 1. The number of amides is 1. The van der Waals surface area contributed by atoms with Crippen molar-refractivity contribution >= 4 is 21.8 Å². The molecule has 2 nitrogen and oxygen atoms in total. The molecule has 0 heterocycles. The van der Waals surface area contributed by atoms with E-state index >= 15 is 0 Å². The molecule has 0 aliphatic rings. The van der Waals surface area contributed by atoms with E-state index in [1.165, 1.54) is 0 Å². The summed E-state index contributed by atoms with van der Waals surface area (Å²) in [5.74, 6) is -0.377. The molecule has 2 N–H and O–H groups in total. The summed E-state index contributed by atoms with van der Waals surface area (Å²) in [6.45, 7) is 3.94. The molecule has 0 radical (unpaired) electrons. The van der Waals surface area contributed by atoms with Gasteiger partial charge in [0, 0.05) is 10.0 Å². The molecule has 0 aliphatic heterocycles. The van der Waals surface area contributed by atoms with Crippen molar-refractivity contribution in [1.82, 2.24) is 0 Å². The predicted molar refractivity (Wildman–Crippen MR) is 77.6 cm³/mol. The molecule has 0 fully saturated rings. The van der Waals surface area contributed by atoms with Crippen LogP contribution in [0.5, 0.6) is 0 Å². The number of hydrogen-bond donors (Lipinski definition) is 1. The first-order valence-corrected chi connectivity index (χ1v) is 6.46. The minimum absolute atomic E-state index is 0.377. The SMILES string of the molecule is Cc1c(C(N)=O)ccc(-c2ccc(Br)cc2)c1C. The van der Waals surface area contributed by atoms with Crippen molar-refractivity contribution in [2.45, 2.75) is 13.8 Å². The standard InChI is InChI=1S/C15H14BrNO/c1-9-10(2)14(15(17)18)8-7-13(9)11-3-5-12(16)6-4-11/h3-8H,1-2H3,(H2,17,18). The largest absolute Gasteiger partial charge is 0.366 e.